The van der Waals surface area contributed by atoms with Crippen LogP contribution in [0.15, 0.2) is 72.8 Å². The number of amides is 1. The molecule has 0 aliphatic carbocycles. The van der Waals surface area contributed by atoms with Gasteiger partial charge in [0.15, 0.2) is 0 Å². The van der Waals surface area contributed by atoms with Crippen molar-refractivity contribution in [2.75, 3.05) is 0 Å². The Hall–Kier alpha value is -5.32. The van der Waals surface area contributed by atoms with Crippen LogP contribution in [0.1, 0.15) is 0 Å². The molecule has 0 aliphatic rings. The third kappa shape index (κ3) is 6.83. The average Bonchev–Trinajstić information content (AvgIpc) is 2.76. The fourth-order valence-electron chi connectivity index (χ4n) is 3.67. The van der Waals surface area contributed by atoms with Crippen LogP contribution in [0.5, 0.6) is 0 Å². The molecule has 5 rings (SSSR count). The van der Waals surface area contributed by atoms with Crippen LogP contribution in [0.4, 0.5) is 19.2 Å². The third-order valence-electron chi connectivity index (χ3n) is 4.58. The Balaban J connectivity index is 0.000000241. The summed E-state index contributed by atoms with van der Waals surface area (Å²) in [6.07, 6.45) is -6.67. The van der Waals surface area contributed by atoms with Crippen LogP contribution in [0.2, 0.25) is 0 Å². The van der Waals surface area contributed by atoms with Gasteiger partial charge in [-0.3, -0.25) is 0 Å². The zero-order valence-electron chi connectivity index (χ0n) is 17.8. The van der Waals surface area contributed by atoms with Crippen LogP contribution >= 0.6 is 0 Å². The van der Waals surface area contributed by atoms with Crippen molar-refractivity contribution in [3.8, 4) is 0 Å². The maximum Gasteiger partial charge on any atom is 0.514 e. The Morgan fingerprint density at radius 2 is 0.800 bits per heavy atom. The lowest BCUT2D eigenvalue weighted by atomic mass is 9.90. The summed E-state index contributed by atoms with van der Waals surface area (Å²) in [4.78, 5) is 35.8. The second-order valence-corrected chi connectivity index (χ2v) is 6.67. The smallest absolute Gasteiger partial charge is 0.450 e. The molecule has 0 spiro atoms. The normalized spacial score (nSPS) is 9.71. The molecule has 0 unspecified atom stereocenters. The molecule has 0 aliphatic heterocycles. The quantitative estimate of drug-likeness (QED) is 0.0664. The van der Waals surface area contributed by atoms with Crippen molar-refractivity contribution >= 4 is 67.6 Å². The molecule has 35 heavy (non-hydrogen) atoms. The van der Waals surface area contributed by atoms with E-state index in [0.717, 1.165) is 0 Å². The van der Waals surface area contributed by atoms with Crippen molar-refractivity contribution in [2.24, 2.45) is 5.73 Å². The van der Waals surface area contributed by atoms with Crippen molar-refractivity contribution in [3.05, 3.63) is 72.8 Å². The number of carboxylic acid groups (broad SMARTS) is 5. The third-order valence-corrected chi connectivity index (χ3v) is 4.58. The molecule has 0 aromatic heterocycles. The zero-order valence-corrected chi connectivity index (χ0v) is 17.8. The highest BCUT2D eigenvalue weighted by Gasteiger charge is 2.11. The van der Waals surface area contributed by atoms with Gasteiger partial charge in [0.25, 0.3) is 0 Å². The van der Waals surface area contributed by atoms with Crippen LogP contribution in [0, 0.1) is 0 Å². The van der Waals surface area contributed by atoms with Gasteiger partial charge >= 0.3 is 24.6 Å². The van der Waals surface area contributed by atoms with Gasteiger partial charge in [-0.2, -0.15) is 0 Å². The van der Waals surface area contributed by atoms with Gasteiger partial charge in [0, 0.05) is 0 Å². The van der Waals surface area contributed by atoms with Gasteiger partial charge in [0.2, 0.25) is 0 Å². The highest BCUT2D eigenvalue weighted by Crippen LogP contribution is 2.39. The minimum atomic E-state index is -1.83. The number of rotatable bonds is 0. The maximum absolute atomic E-state index is 9.43. The second kappa shape index (κ2) is 11.5. The van der Waals surface area contributed by atoms with Gasteiger partial charge in [0.05, 0.1) is 0 Å². The SMILES string of the molecule is NC(=O)OC(=O)O.O=C(O)O.O=C(O)O.c1cc2cccc3c4cccc5cccc(c(c1)c23)c54. The summed E-state index contributed by atoms with van der Waals surface area (Å²) < 4.78 is 3.31. The molecule has 5 aromatic carbocycles. The van der Waals surface area contributed by atoms with Crippen molar-refractivity contribution < 1.29 is 49.4 Å². The first-order chi connectivity index (χ1) is 16.5. The largest absolute Gasteiger partial charge is 0.514 e. The van der Waals surface area contributed by atoms with Crippen molar-refractivity contribution in [1.29, 1.82) is 0 Å². The van der Waals surface area contributed by atoms with E-state index < -0.39 is 24.6 Å². The van der Waals surface area contributed by atoms with E-state index in [2.05, 4.69) is 83.3 Å². The first-order valence-corrected chi connectivity index (χ1v) is 9.61. The summed E-state index contributed by atoms with van der Waals surface area (Å²) in [7, 11) is 0. The summed E-state index contributed by atoms with van der Waals surface area (Å²) in [6.45, 7) is 0. The van der Waals surface area contributed by atoms with Crippen LogP contribution < -0.4 is 5.73 Å². The number of nitrogens with two attached hydrogens (primary N) is 1. The number of hydrogen-bond donors (Lipinski definition) is 6. The summed E-state index contributed by atoms with van der Waals surface area (Å²) in [5.41, 5.74) is 4.25. The van der Waals surface area contributed by atoms with E-state index in [1.807, 2.05) is 0 Å². The Bertz CT molecular complexity index is 1310. The Labute approximate surface area is 196 Å². The van der Waals surface area contributed by atoms with Gasteiger partial charge in [-0.15, -0.1) is 0 Å². The van der Waals surface area contributed by atoms with E-state index in [-0.39, 0.29) is 0 Å². The van der Waals surface area contributed by atoms with E-state index in [1.165, 1.54) is 43.1 Å². The van der Waals surface area contributed by atoms with Gasteiger partial charge < -0.3 is 36.0 Å². The molecule has 1 amide bonds. The summed E-state index contributed by atoms with van der Waals surface area (Å²) in [5, 5.41) is 46.3. The maximum atomic E-state index is 9.43. The first-order valence-electron chi connectivity index (χ1n) is 9.61. The number of ether oxygens (including phenoxy) is 1. The number of primary amides is 1. The lowest BCUT2D eigenvalue weighted by molar-refractivity contribution is 0.114. The molecular formula is C24H19NO10. The summed E-state index contributed by atoms with van der Waals surface area (Å²) in [5.74, 6) is 0. The van der Waals surface area contributed by atoms with Gasteiger partial charge in [-0.25, -0.2) is 19.2 Å². The molecule has 11 nitrogen and oxygen atoms in total. The van der Waals surface area contributed by atoms with Gasteiger partial charge in [-0.1, -0.05) is 72.8 Å². The molecule has 0 atom stereocenters. The lowest BCUT2D eigenvalue weighted by Gasteiger charge is -2.13. The fourth-order valence-corrected chi connectivity index (χ4v) is 3.67. The zero-order chi connectivity index (χ0) is 26.1. The number of benzene rings is 5. The van der Waals surface area contributed by atoms with Crippen molar-refractivity contribution in [2.45, 2.75) is 0 Å². The highest BCUT2D eigenvalue weighted by molar-refractivity contribution is 6.32. The van der Waals surface area contributed by atoms with E-state index in [1.54, 1.807) is 0 Å². The molecule has 7 N–H and O–H groups in total. The predicted octanol–water partition coefficient (Wildman–Crippen LogP) is 5.94. The van der Waals surface area contributed by atoms with Gasteiger partial charge in [0.1, 0.15) is 0 Å². The minimum Gasteiger partial charge on any atom is -0.450 e. The van der Waals surface area contributed by atoms with Crippen molar-refractivity contribution in [3.63, 3.8) is 0 Å². The molecule has 5 aromatic rings. The van der Waals surface area contributed by atoms with Crippen LogP contribution in [0.25, 0.3) is 43.1 Å². The molecule has 11 heteroatoms. The molecule has 0 saturated heterocycles. The van der Waals surface area contributed by atoms with E-state index in [9.17, 15) is 9.59 Å². The molecule has 0 bridgehead atoms. The monoisotopic (exact) mass is 481 g/mol. The summed E-state index contributed by atoms with van der Waals surface area (Å²) in [6, 6.07) is 26.4. The van der Waals surface area contributed by atoms with Crippen LogP contribution in [-0.4, -0.2) is 50.1 Å². The average molecular weight is 481 g/mol. The number of carbonyl (C=O) groups is 4. The summed E-state index contributed by atoms with van der Waals surface area (Å²) >= 11 is 0. The molecule has 180 valence electrons. The number of fused-ring (bicyclic) bond motifs is 2. The second-order valence-electron chi connectivity index (χ2n) is 6.67. The molecule has 0 fully saturated rings. The highest BCUT2D eigenvalue weighted by atomic mass is 16.7. The van der Waals surface area contributed by atoms with Crippen LogP contribution in [-0.2, 0) is 4.74 Å². The van der Waals surface area contributed by atoms with E-state index >= 15 is 0 Å². The fraction of sp³-hybridized carbons (Fsp3) is 0. The molecule has 0 heterocycles. The predicted molar refractivity (Wildman–Crippen MR) is 128 cm³/mol. The topological polar surface area (TPSA) is 205 Å². The van der Waals surface area contributed by atoms with E-state index in [4.69, 9.17) is 35.1 Å². The lowest BCUT2D eigenvalue weighted by Crippen LogP contribution is -2.16. The van der Waals surface area contributed by atoms with Gasteiger partial charge in [-0.05, 0) is 43.1 Å². The Morgan fingerprint density at radius 3 is 0.971 bits per heavy atom. The Morgan fingerprint density at radius 1 is 0.543 bits per heavy atom. The number of hydrogen-bond acceptors (Lipinski definition) is 5. The molecule has 0 radical (unpaired) electrons. The Kier molecular flexibility index (Phi) is 8.53. The first kappa shape index (κ1) is 25.9. The van der Waals surface area contributed by atoms with E-state index in [0.29, 0.717) is 0 Å². The molecular weight excluding hydrogens is 462 g/mol. The van der Waals surface area contributed by atoms with Crippen molar-refractivity contribution in [1.82, 2.24) is 0 Å². The molecule has 0 saturated carbocycles. The standard InChI is InChI=1S/C20H12.C2H3NO4.2CH2O3/c1-5-13-6-2-11-17-18-12-4-8-14-7-3-10-16(20(14)18)15(9-1)19(13)17;3-1(4)7-2(5)6;2*2-1(3)4/h1-12H;(H2,3,4)(H,5,6);2*(H2,2,3,4). The van der Waals surface area contributed by atoms with Crippen LogP contribution in [0.3, 0.4) is 0 Å². The number of carbonyl (C=O) groups excluding carboxylic acids is 1. The minimum absolute atomic E-state index is 1.31.